The van der Waals surface area contributed by atoms with Crippen molar-refractivity contribution in [3.63, 3.8) is 0 Å². The second-order valence-electron chi connectivity index (χ2n) is 6.55. The van der Waals surface area contributed by atoms with E-state index < -0.39 is 0 Å². The molecule has 1 aliphatic rings. The molecule has 2 aromatic rings. The standard InChI is InChI=1S/C16H22ClN3O/c1-10(17)14-18-11-7-8-13(21-4)19-15(11)20(14)12-6-5-9-16(12,2)3/h7-8,10,12H,5-6,9H2,1-4H3. The van der Waals surface area contributed by atoms with Gasteiger partial charge < -0.3 is 9.30 Å². The minimum atomic E-state index is -0.137. The topological polar surface area (TPSA) is 39.9 Å². The molecule has 114 valence electrons. The fraction of sp³-hybridized carbons (Fsp3) is 0.625. The summed E-state index contributed by atoms with van der Waals surface area (Å²) in [6.07, 6.45) is 3.60. The normalized spacial score (nSPS) is 22.6. The van der Waals surface area contributed by atoms with Crippen LogP contribution in [0, 0.1) is 5.41 Å². The van der Waals surface area contributed by atoms with Gasteiger partial charge in [0, 0.05) is 12.1 Å². The van der Waals surface area contributed by atoms with Crippen molar-refractivity contribution in [2.24, 2.45) is 5.41 Å². The van der Waals surface area contributed by atoms with E-state index in [0.717, 1.165) is 23.4 Å². The Labute approximate surface area is 130 Å². The average Bonchev–Trinajstić information content (AvgIpc) is 2.97. The molecule has 0 bridgehead atoms. The van der Waals surface area contributed by atoms with Gasteiger partial charge in [0.15, 0.2) is 5.65 Å². The number of hydrogen-bond donors (Lipinski definition) is 0. The summed E-state index contributed by atoms with van der Waals surface area (Å²) in [5, 5.41) is -0.137. The van der Waals surface area contributed by atoms with Crippen molar-refractivity contribution < 1.29 is 4.74 Å². The number of nitrogens with zero attached hydrogens (tertiary/aromatic N) is 3. The lowest BCUT2D eigenvalue weighted by atomic mass is 9.87. The predicted octanol–water partition coefficient (Wildman–Crippen LogP) is 4.49. The summed E-state index contributed by atoms with van der Waals surface area (Å²) >= 11 is 6.38. The number of rotatable bonds is 3. The summed E-state index contributed by atoms with van der Waals surface area (Å²) in [5.74, 6) is 1.53. The van der Waals surface area contributed by atoms with Crippen molar-refractivity contribution in [2.45, 2.75) is 51.5 Å². The predicted molar refractivity (Wildman–Crippen MR) is 85.0 cm³/mol. The Morgan fingerprint density at radius 3 is 2.71 bits per heavy atom. The van der Waals surface area contributed by atoms with Gasteiger partial charge in [-0.2, -0.15) is 4.98 Å². The molecule has 5 heteroatoms. The lowest BCUT2D eigenvalue weighted by Crippen LogP contribution is -2.23. The molecule has 0 aromatic carbocycles. The summed E-state index contributed by atoms with van der Waals surface area (Å²) in [7, 11) is 1.64. The van der Waals surface area contributed by atoms with E-state index in [1.54, 1.807) is 7.11 Å². The number of aromatic nitrogens is 3. The maximum atomic E-state index is 6.38. The van der Waals surface area contributed by atoms with Gasteiger partial charge >= 0.3 is 0 Å². The number of hydrogen-bond acceptors (Lipinski definition) is 3. The largest absolute Gasteiger partial charge is 0.481 e. The highest BCUT2D eigenvalue weighted by Crippen LogP contribution is 2.48. The first kappa shape index (κ1) is 14.6. The van der Waals surface area contributed by atoms with Crippen molar-refractivity contribution in [2.75, 3.05) is 7.11 Å². The highest BCUT2D eigenvalue weighted by Gasteiger charge is 2.38. The highest BCUT2D eigenvalue weighted by molar-refractivity contribution is 6.20. The Kier molecular flexibility index (Phi) is 3.60. The Balaban J connectivity index is 2.24. The number of fused-ring (bicyclic) bond motifs is 1. The monoisotopic (exact) mass is 307 g/mol. The molecule has 0 saturated heterocycles. The number of alkyl halides is 1. The van der Waals surface area contributed by atoms with Crippen molar-refractivity contribution in [1.82, 2.24) is 14.5 Å². The van der Waals surface area contributed by atoms with Crippen molar-refractivity contribution in [1.29, 1.82) is 0 Å². The first-order valence-electron chi connectivity index (χ1n) is 7.51. The highest BCUT2D eigenvalue weighted by atomic mass is 35.5. The smallest absolute Gasteiger partial charge is 0.215 e. The molecule has 2 unspecified atom stereocenters. The third kappa shape index (κ3) is 2.39. The van der Waals surface area contributed by atoms with Crippen LogP contribution in [0.4, 0.5) is 0 Å². The Morgan fingerprint density at radius 2 is 2.14 bits per heavy atom. The van der Waals surface area contributed by atoms with Crippen LogP contribution in [0.5, 0.6) is 5.88 Å². The van der Waals surface area contributed by atoms with Crippen LogP contribution in [-0.2, 0) is 0 Å². The molecule has 1 aliphatic carbocycles. The van der Waals surface area contributed by atoms with Crippen LogP contribution in [0.3, 0.4) is 0 Å². The number of ether oxygens (including phenoxy) is 1. The summed E-state index contributed by atoms with van der Waals surface area (Å²) in [5.41, 5.74) is 2.01. The van der Waals surface area contributed by atoms with Gasteiger partial charge in [-0.25, -0.2) is 4.98 Å². The van der Waals surface area contributed by atoms with E-state index in [1.165, 1.54) is 12.8 Å². The van der Waals surface area contributed by atoms with Crippen LogP contribution in [0.1, 0.15) is 57.3 Å². The molecule has 0 N–H and O–H groups in total. The second-order valence-corrected chi connectivity index (χ2v) is 7.20. The maximum absolute atomic E-state index is 6.38. The molecule has 0 spiro atoms. The van der Waals surface area contributed by atoms with E-state index in [9.17, 15) is 0 Å². The van der Waals surface area contributed by atoms with E-state index in [4.69, 9.17) is 21.3 Å². The van der Waals surface area contributed by atoms with Crippen LogP contribution in [-0.4, -0.2) is 21.6 Å². The number of pyridine rings is 1. The molecule has 0 amide bonds. The maximum Gasteiger partial charge on any atom is 0.215 e. The third-order valence-corrected chi connectivity index (χ3v) is 4.81. The quantitative estimate of drug-likeness (QED) is 0.784. The van der Waals surface area contributed by atoms with Crippen molar-refractivity contribution in [3.05, 3.63) is 18.0 Å². The van der Waals surface area contributed by atoms with Gasteiger partial charge in [-0.05, 0) is 31.2 Å². The number of methoxy groups -OCH3 is 1. The molecular formula is C16H22ClN3O. The lowest BCUT2D eigenvalue weighted by molar-refractivity contribution is 0.259. The molecule has 0 aliphatic heterocycles. The van der Waals surface area contributed by atoms with Crippen LogP contribution in [0.25, 0.3) is 11.2 Å². The van der Waals surface area contributed by atoms with E-state index >= 15 is 0 Å². The minimum Gasteiger partial charge on any atom is -0.481 e. The zero-order valence-corrected chi connectivity index (χ0v) is 13.8. The van der Waals surface area contributed by atoms with Gasteiger partial charge in [0.05, 0.1) is 12.5 Å². The van der Waals surface area contributed by atoms with Gasteiger partial charge in [-0.15, -0.1) is 11.6 Å². The fourth-order valence-corrected chi connectivity index (χ4v) is 3.62. The van der Waals surface area contributed by atoms with E-state index in [0.29, 0.717) is 11.9 Å². The Morgan fingerprint density at radius 1 is 1.38 bits per heavy atom. The van der Waals surface area contributed by atoms with E-state index in [1.807, 2.05) is 19.1 Å². The Hall–Kier alpha value is -1.29. The SMILES string of the molecule is COc1ccc2nc(C(C)Cl)n(C3CCCC3(C)C)c2n1. The molecule has 21 heavy (non-hydrogen) atoms. The number of halogens is 1. The van der Waals surface area contributed by atoms with Gasteiger partial charge in [0.25, 0.3) is 0 Å². The summed E-state index contributed by atoms with van der Waals surface area (Å²) in [6.45, 7) is 6.61. The number of imidazole rings is 1. The van der Waals surface area contributed by atoms with E-state index in [2.05, 4.69) is 23.4 Å². The van der Waals surface area contributed by atoms with Crippen molar-refractivity contribution >= 4 is 22.8 Å². The summed E-state index contributed by atoms with van der Waals surface area (Å²) < 4.78 is 7.53. The van der Waals surface area contributed by atoms with Gasteiger partial charge in [-0.1, -0.05) is 20.3 Å². The zero-order valence-electron chi connectivity index (χ0n) is 13.1. The fourth-order valence-electron chi connectivity index (χ4n) is 3.46. The van der Waals surface area contributed by atoms with Gasteiger partial charge in [-0.3, -0.25) is 0 Å². The molecule has 2 atom stereocenters. The summed E-state index contributed by atoms with van der Waals surface area (Å²) in [4.78, 5) is 9.34. The zero-order chi connectivity index (χ0) is 15.2. The summed E-state index contributed by atoms with van der Waals surface area (Å²) in [6, 6.07) is 4.20. The van der Waals surface area contributed by atoms with Crippen LogP contribution in [0.2, 0.25) is 0 Å². The van der Waals surface area contributed by atoms with Crippen LogP contribution in [0.15, 0.2) is 12.1 Å². The molecule has 4 nitrogen and oxygen atoms in total. The van der Waals surface area contributed by atoms with Gasteiger partial charge in [0.2, 0.25) is 5.88 Å². The second kappa shape index (κ2) is 5.16. The molecule has 1 fully saturated rings. The van der Waals surface area contributed by atoms with E-state index in [-0.39, 0.29) is 10.8 Å². The molecule has 1 saturated carbocycles. The Bertz CT molecular complexity index is 663. The molecular weight excluding hydrogens is 286 g/mol. The van der Waals surface area contributed by atoms with Crippen LogP contribution >= 0.6 is 11.6 Å². The molecule has 0 radical (unpaired) electrons. The van der Waals surface area contributed by atoms with Crippen LogP contribution < -0.4 is 4.74 Å². The first-order chi connectivity index (χ1) is 9.94. The molecule has 2 heterocycles. The first-order valence-corrected chi connectivity index (χ1v) is 7.94. The molecule has 3 rings (SSSR count). The lowest BCUT2D eigenvalue weighted by Gasteiger charge is -2.30. The average molecular weight is 308 g/mol. The minimum absolute atomic E-state index is 0.137. The molecule has 2 aromatic heterocycles. The van der Waals surface area contributed by atoms with Gasteiger partial charge in [0.1, 0.15) is 11.3 Å². The third-order valence-electron chi connectivity index (χ3n) is 4.62. The van der Waals surface area contributed by atoms with Crippen molar-refractivity contribution in [3.8, 4) is 5.88 Å².